The van der Waals surface area contributed by atoms with Gasteiger partial charge in [-0.15, -0.1) is 0 Å². The molecule has 8 nitrogen and oxygen atoms in total. The molecule has 3 N–H and O–H groups in total. The van der Waals surface area contributed by atoms with Gasteiger partial charge in [-0.1, -0.05) is 6.92 Å². The number of aliphatic hydroxyl groups is 1. The Bertz CT molecular complexity index is 601. The second-order valence-corrected chi connectivity index (χ2v) is 6.83. The van der Waals surface area contributed by atoms with Crippen molar-refractivity contribution in [2.24, 2.45) is 0 Å². The first-order chi connectivity index (χ1) is 12.1. The lowest BCUT2D eigenvalue weighted by molar-refractivity contribution is -0.132. The molecule has 1 aromatic rings. The third-order valence-corrected chi connectivity index (χ3v) is 5.07. The third kappa shape index (κ3) is 3.85. The minimum atomic E-state index is -0.0620. The number of carbonyl (C=O) groups excluding carboxylic acids is 1. The molecule has 1 amide bonds. The van der Waals surface area contributed by atoms with Crippen molar-refractivity contribution in [3.63, 3.8) is 0 Å². The van der Waals surface area contributed by atoms with Crippen LogP contribution in [-0.2, 0) is 11.3 Å². The van der Waals surface area contributed by atoms with Gasteiger partial charge in [0, 0.05) is 19.6 Å². The number of anilines is 2. The highest BCUT2D eigenvalue weighted by molar-refractivity contribution is 5.84. The fourth-order valence-corrected chi connectivity index (χ4v) is 3.53. The molecule has 138 valence electrons. The van der Waals surface area contributed by atoms with E-state index in [4.69, 9.17) is 0 Å². The number of carbonyl (C=O) groups is 1. The topological polar surface area (TPSA) is 93.6 Å². The smallest absolute Gasteiger partial charge is 0.242 e. The lowest BCUT2D eigenvalue weighted by Crippen LogP contribution is -2.49. The Labute approximate surface area is 148 Å². The molecule has 2 aliphatic rings. The molecule has 0 aliphatic carbocycles. The number of nitrogens with one attached hydrogen (secondary N) is 2. The van der Waals surface area contributed by atoms with E-state index in [0.29, 0.717) is 18.9 Å². The van der Waals surface area contributed by atoms with Crippen LogP contribution < -0.4 is 15.5 Å². The predicted molar refractivity (Wildman–Crippen MR) is 96.5 cm³/mol. The van der Waals surface area contributed by atoms with Crippen molar-refractivity contribution >= 4 is 17.5 Å². The van der Waals surface area contributed by atoms with E-state index in [1.807, 2.05) is 23.8 Å². The van der Waals surface area contributed by atoms with Gasteiger partial charge in [0.1, 0.15) is 18.0 Å². The standard InChI is InChI=1S/C17H28N6O2/c1-3-12(10-24)21-16-14-8-23(13-5-4-6-18-7-13)15(25)9-22(2)17(14)20-11-19-16/h11-13,18,24H,3-10H2,1-2H3,(H,19,20,21). The number of piperidine rings is 1. The minimum Gasteiger partial charge on any atom is -0.394 e. The van der Waals surface area contributed by atoms with Crippen molar-refractivity contribution in [3.05, 3.63) is 11.9 Å². The van der Waals surface area contributed by atoms with Gasteiger partial charge in [-0.25, -0.2) is 9.97 Å². The molecular formula is C17H28N6O2. The van der Waals surface area contributed by atoms with Gasteiger partial charge >= 0.3 is 0 Å². The van der Waals surface area contributed by atoms with E-state index in [9.17, 15) is 9.90 Å². The highest BCUT2D eigenvalue weighted by Crippen LogP contribution is 2.29. The van der Waals surface area contributed by atoms with Crippen LogP contribution in [0.3, 0.4) is 0 Å². The van der Waals surface area contributed by atoms with E-state index < -0.39 is 0 Å². The Balaban J connectivity index is 1.92. The molecule has 0 spiro atoms. The first kappa shape index (κ1) is 17.9. The van der Waals surface area contributed by atoms with Crippen LogP contribution in [0.25, 0.3) is 0 Å². The Hall–Kier alpha value is -1.93. The molecule has 0 bridgehead atoms. The summed E-state index contributed by atoms with van der Waals surface area (Å²) in [5, 5.41) is 16.2. The number of hydrogen-bond donors (Lipinski definition) is 3. The second kappa shape index (κ2) is 7.97. The number of aromatic nitrogens is 2. The molecule has 2 atom stereocenters. The molecular weight excluding hydrogens is 320 g/mol. The molecule has 1 aromatic heterocycles. The highest BCUT2D eigenvalue weighted by atomic mass is 16.3. The fourth-order valence-electron chi connectivity index (χ4n) is 3.53. The zero-order chi connectivity index (χ0) is 17.8. The highest BCUT2D eigenvalue weighted by Gasteiger charge is 2.32. The lowest BCUT2D eigenvalue weighted by Gasteiger charge is -2.34. The molecule has 25 heavy (non-hydrogen) atoms. The molecule has 8 heteroatoms. The van der Waals surface area contributed by atoms with Gasteiger partial charge in [0.25, 0.3) is 0 Å². The van der Waals surface area contributed by atoms with Crippen LogP contribution in [-0.4, -0.2) is 71.3 Å². The van der Waals surface area contributed by atoms with Crippen LogP contribution in [0.15, 0.2) is 6.33 Å². The molecule has 3 heterocycles. The molecule has 0 radical (unpaired) electrons. The predicted octanol–water partition coefficient (Wildman–Crippen LogP) is 0.190. The Morgan fingerprint density at radius 3 is 2.96 bits per heavy atom. The summed E-state index contributed by atoms with van der Waals surface area (Å²) >= 11 is 0. The summed E-state index contributed by atoms with van der Waals surface area (Å²) in [4.78, 5) is 25.4. The summed E-state index contributed by atoms with van der Waals surface area (Å²) in [7, 11) is 1.89. The van der Waals surface area contributed by atoms with Crippen LogP contribution in [0, 0.1) is 0 Å². The largest absolute Gasteiger partial charge is 0.394 e. The third-order valence-electron chi connectivity index (χ3n) is 5.07. The van der Waals surface area contributed by atoms with Gasteiger partial charge in [-0.2, -0.15) is 0 Å². The summed E-state index contributed by atoms with van der Waals surface area (Å²) in [5.41, 5.74) is 0.924. The number of amides is 1. The van der Waals surface area contributed by atoms with Crippen LogP contribution in [0.1, 0.15) is 31.7 Å². The summed E-state index contributed by atoms with van der Waals surface area (Å²) in [5.74, 6) is 1.61. The average molecular weight is 348 g/mol. The first-order valence-electron chi connectivity index (χ1n) is 9.06. The van der Waals surface area contributed by atoms with Gasteiger partial charge in [-0.3, -0.25) is 4.79 Å². The normalized spacial score (nSPS) is 22.4. The van der Waals surface area contributed by atoms with E-state index in [1.54, 1.807) is 0 Å². The van der Waals surface area contributed by atoms with Crippen LogP contribution in [0.4, 0.5) is 11.6 Å². The quantitative estimate of drug-likeness (QED) is 0.699. The zero-order valence-corrected chi connectivity index (χ0v) is 15.0. The minimum absolute atomic E-state index is 0.0420. The molecule has 1 saturated heterocycles. The van der Waals surface area contributed by atoms with Crippen molar-refractivity contribution in [2.45, 2.75) is 44.8 Å². The first-order valence-corrected chi connectivity index (χ1v) is 9.06. The van der Waals surface area contributed by atoms with Crippen LogP contribution in [0.5, 0.6) is 0 Å². The van der Waals surface area contributed by atoms with E-state index in [-0.39, 0.29) is 24.6 Å². The number of likely N-dealkylation sites (N-methyl/N-ethyl adjacent to an activating group) is 1. The lowest BCUT2D eigenvalue weighted by atomic mass is 10.0. The number of aliphatic hydroxyl groups excluding tert-OH is 1. The van der Waals surface area contributed by atoms with E-state index in [2.05, 4.69) is 20.6 Å². The number of fused-ring (bicyclic) bond motifs is 1. The maximum absolute atomic E-state index is 12.8. The van der Waals surface area contributed by atoms with Gasteiger partial charge in [0.2, 0.25) is 5.91 Å². The number of rotatable bonds is 5. The molecule has 0 saturated carbocycles. The van der Waals surface area contributed by atoms with E-state index >= 15 is 0 Å². The fraction of sp³-hybridized carbons (Fsp3) is 0.706. The summed E-state index contributed by atoms with van der Waals surface area (Å²) < 4.78 is 0. The van der Waals surface area contributed by atoms with Crippen LogP contribution in [0.2, 0.25) is 0 Å². The van der Waals surface area contributed by atoms with Crippen molar-refractivity contribution in [3.8, 4) is 0 Å². The van der Waals surface area contributed by atoms with Crippen molar-refractivity contribution < 1.29 is 9.90 Å². The Kier molecular flexibility index (Phi) is 5.70. The van der Waals surface area contributed by atoms with E-state index in [1.165, 1.54) is 6.33 Å². The van der Waals surface area contributed by atoms with Gasteiger partial charge in [0.15, 0.2) is 0 Å². The van der Waals surface area contributed by atoms with Gasteiger partial charge < -0.3 is 25.5 Å². The number of hydrogen-bond acceptors (Lipinski definition) is 7. The van der Waals surface area contributed by atoms with Gasteiger partial charge in [-0.05, 0) is 25.8 Å². The molecule has 2 aliphatic heterocycles. The molecule has 0 aromatic carbocycles. The van der Waals surface area contributed by atoms with Crippen molar-refractivity contribution in [1.29, 1.82) is 0 Å². The average Bonchev–Trinajstić information content (AvgIpc) is 2.77. The monoisotopic (exact) mass is 348 g/mol. The van der Waals surface area contributed by atoms with E-state index in [0.717, 1.165) is 43.7 Å². The van der Waals surface area contributed by atoms with Crippen LogP contribution >= 0.6 is 0 Å². The molecule has 2 unspecified atom stereocenters. The Morgan fingerprint density at radius 2 is 2.28 bits per heavy atom. The maximum Gasteiger partial charge on any atom is 0.242 e. The SMILES string of the molecule is CCC(CO)Nc1ncnc2c1CN(C1CCCNC1)C(=O)CN2C. The zero-order valence-electron chi connectivity index (χ0n) is 15.0. The number of nitrogens with zero attached hydrogens (tertiary/aromatic N) is 4. The molecule has 1 fully saturated rings. The summed E-state index contributed by atoms with van der Waals surface area (Å²) in [6, 6.07) is 0.140. The maximum atomic E-state index is 12.8. The van der Waals surface area contributed by atoms with Gasteiger partial charge in [0.05, 0.1) is 31.3 Å². The summed E-state index contributed by atoms with van der Waals surface area (Å²) in [6.07, 6.45) is 4.41. The van der Waals surface area contributed by atoms with Crippen molar-refractivity contribution in [2.75, 3.05) is 43.5 Å². The molecule has 3 rings (SSSR count). The second-order valence-electron chi connectivity index (χ2n) is 6.83. The summed E-state index contributed by atoms with van der Waals surface area (Å²) in [6.45, 7) is 4.71. The Morgan fingerprint density at radius 1 is 1.44 bits per heavy atom. The van der Waals surface area contributed by atoms with Crippen molar-refractivity contribution in [1.82, 2.24) is 20.2 Å².